The molecule has 2 saturated heterocycles. The van der Waals surface area contributed by atoms with E-state index in [0.717, 1.165) is 0 Å². The van der Waals surface area contributed by atoms with Crippen LogP contribution in [0.5, 0.6) is 0 Å². The third-order valence-electron chi connectivity index (χ3n) is 5.65. The highest BCUT2D eigenvalue weighted by Gasteiger charge is 2.33. The van der Waals surface area contributed by atoms with Crippen LogP contribution in [0.25, 0.3) is 0 Å². The summed E-state index contributed by atoms with van der Waals surface area (Å²) in [4.78, 5) is 40.8. The number of carbonyl (C=O) groups is 3. The molecule has 0 N–H and O–H groups in total. The Morgan fingerprint density at radius 1 is 0.926 bits per heavy atom. The van der Waals surface area contributed by atoms with Crippen molar-refractivity contribution in [3.63, 3.8) is 0 Å². The van der Waals surface area contributed by atoms with Crippen LogP contribution in [0.2, 0.25) is 5.02 Å². The average Bonchev–Trinajstić information content (AvgIpc) is 2.73. The molecule has 5 nitrogen and oxygen atoms in total. The number of piperidine rings is 2. The second kappa shape index (κ2) is 8.70. The second-order valence-electron chi connectivity index (χ2n) is 7.25. The summed E-state index contributed by atoms with van der Waals surface area (Å²) in [5.41, 5.74) is 0.572. The topological polar surface area (TPSA) is 57.7 Å². The molecule has 0 saturated carbocycles. The summed E-state index contributed by atoms with van der Waals surface area (Å²) in [5, 5.41) is 0.488. The fraction of sp³-hybridized carbons (Fsp3) is 0.476. The standard InChI is InChI=1S/C21H25ClN2O3/c1-2-19(25)23-11-9-16(10-12-23)21(27)24-13-7-15(8-14-24)20(26)17-5-3-4-6-18(17)22/h2-6,15-16H,1,7-14H2. The van der Waals surface area contributed by atoms with E-state index in [0.29, 0.717) is 62.4 Å². The van der Waals surface area contributed by atoms with E-state index < -0.39 is 0 Å². The van der Waals surface area contributed by atoms with Gasteiger partial charge < -0.3 is 9.80 Å². The molecule has 2 fully saturated rings. The summed E-state index contributed by atoms with van der Waals surface area (Å²) in [6.07, 6.45) is 4.05. The lowest BCUT2D eigenvalue weighted by Crippen LogP contribution is -2.47. The van der Waals surface area contributed by atoms with Gasteiger partial charge >= 0.3 is 0 Å². The first kappa shape index (κ1) is 19.6. The van der Waals surface area contributed by atoms with E-state index in [4.69, 9.17) is 11.6 Å². The first-order valence-corrected chi connectivity index (χ1v) is 9.88. The molecule has 0 unspecified atom stereocenters. The van der Waals surface area contributed by atoms with Gasteiger partial charge in [-0.25, -0.2) is 0 Å². The van der Waals surface area contributed by atoms with Crippen LogP contribution >= 0.6 is 11.6 Å². The van der Waals surface area contributed by atoms with E-state index in [1.807, 2.05) is 17.0 Å². The molecule has 2 heterocycles. The zero-order valence-electron chi connectivity index (χ0n) is 15.4. The van der Waals surface area contributed by atoms with E-state index in [9.17, 15) is 14.4 Å². The van der Waals surface area contributed by atoms with E-state index >= 15 is 0 Å². The molecule has 0 bridgehead atoms. The van der Waals surface area contributed by atoms with Crippen LogP contribution in [0.1, 0.15) is 36.0 Å². The number of Topliss-reactive ketones (excluding diaryl/α,β-unsaturated/α-hetero) is 1. The van der Waals surface area contributed by atoms with Gasteiger partial charge in [-0.2, -0.15) is 0 Å². The Hall–Kier alpha value is -2.14. The summed E-state index contributed by atoms with van der Waals surface area (Å²) < 4.78 is 0. The van der Waals surface area contributed by atoms with Crippen molar-refractivity contribution in [2.45, 2.75) is 25.7 Å². The van der Waals surface area contributed by atoms with Crippen molar-refractivity contribution in [2.75, 3.05) is 26.2 Å². The number of amides is 2. The highest BCUT2D eigenvalue weighted by Crippen LogP contribution is 2.27. The Kier molecular flexibility index (Phi) is 6.32. The molecule has 0 atom stereocenters. The Morgan fingerprint density at radius 3 is 2.07 bits per heavy atom. The molecule has 2 aliphatic heterocycles. The molecule has 144 valence electrons. The zero-order valence-corrected chi connectivity index (χ0v) is 16.2. The minimum absolute atomic E-state index is 0.0327. The lowest BCUT2D eigenvalue weighted by atomic mass is 9.87. The van der Waals surface area contributed by atoms with Crippen LogP contribution in [-0.2, 0) is 9.59 Å². The second-order valence-corrected chi connectivity index (χ2v) is 7.65. The van der Waals surface area contributed by atoms with E-state index in [-0.39, 0.29) is 29.4 Å². The van der Waals surface area contributed by atoms with Crippen LogP contribution in [0.4, 0.5) is 0 Å². The quantitative estimate of drug-likeness (QED) is 0.588. The van der Waals surface area contributed by atoms with E-state index in [1.165, 1.54) is 6.08 Å². The predicted molar refractivity (Wildman–Crippen MR) is 105 cm³/mol. The van der Waals surface area contributed by atoms with Crippen LogP contribution in [0.3, 0.4) is 0 Å². The summed E-state index contributed by atoms with van der Waals surface area (Å²) in [6.45, 7) is 5.91. The molecule has 2 amide bonds. The van der Waals surface area contributed by atoms with Gasteiger partial charge in [0.2, 0.25) is 11.8 Å². The molecule has 2 aliphatic rings. The van der Waals surface area contributed by atoms with Crippen molar-refractivity contribution >= 4 is 29.2 Å². The number of nitrogens with zero attached hydrogens (tertiary/aromatic N) is 2. The zero-order chi connectivity index (χ0) is 19.4. The van der Waals surface area contributed by atoms with Gasteiger partial charge in [-0.1, -0.05) is 30.3 Å². The third-order valence-corrected chi connectivity index (χ3v) is 5.98. The number of rotatable bonds is 4. The van der Waals surface area contributed by atoms with Crippen molar-refractivity contribution < 1.29 is 14.4 Å². The summed E-state index contributed by atoms with van der Waals surface area (Å²) in [6, 6.07) is 7.13. The van der Waals surface area contributed by atoms with E-state index in [1.54, 1.807) is 17.0 Å². The number of ketones is 1. The number of likely N-dealkylation sites (tertiary alicyclic amines) is 2. The maximum atomic E-state index is 12.8. The SMILES string of the molecule is C=CC(=O)N1CCC(C(=O)N2CCC(C(=O)c3ccccc3Cl)CC2)CC1. The van der Waals surface area contributed by atoms with Crippen LogP contribution in [0.15, 0.2) is 36.9 Å². The van der Waals surface area contributed by atoms with Crippen molar-refractivity contribution in [3.05, 3.63) is 47.5 Å². The number of benzene rings is 1. The molecule has 3 rings (SSSR count). The summed E-state index contributed by atoms with van der Waals surface area (Å²) >= 11 is 6.14. The monoisotopic (exact) mass is 388 g/mol. The Balaban J connectivity index is 1.51. The normalized spacial score (nSPS) is 19.0. The molecule has 6 heteroatoms. The van der Waals surface area contributed by atoms with Gasteiger partial charge in [0, 0.05) is 43.6 Å². The molecule has 1 aromatic rings. The minimum atomic E-state index is -0.0824. The Labute approximate surface area is 165 Å². The van der Waals surface area contributed by atoms with Crippen molar-refractivity contribution in [3.8, 4) is 0 Å². The molecule has 0 aliphatic carbocycles. The summed E-state index contributed by atoms with van der Waals surface area (Å²) in [7, 11) is 0. The minimum Gasteiger partial charge on any atom is -0.342 e. The third kappa shape index (κ3) is 4.41. The molecule has 0 radical (unpaired) electrons. The highest BCUT2D eigenvalue weighted by atomic mass is 35.5. The molecule has 27 heavy (non-hydrogen) atoms. The fourth-order valence-corrected chi connectivity index (χ4v) is 4.21. The Morgan fingerprint density at radius 2 is 1.48 bits per heavy atom. The summed E-state index contributed by atoms with van der Waals surface area (Å²) in [5.74, 6) is 0.0452. The van der Waals surface area contributed by atoms with Gasteiger partial charge in [0.1, 0.15) is 0 Å². The Bertz CT molecular complexity index is 733. The largest absolute Gasteiger partial charge is 0.342 e. The molecule has 0 aromatic heterocycles. The highest BCUT2D eigenvalue weighted by molar-refractivity contribution is 6.34. The number of halogens is 1. The van der Waals surface area contributed by atoms with Crippen LogP contribution in [0, 0.1) is 11.8 Å². The molecule has 0 spiro atoms. The lowest BCUT2D eigenvalue weighted by Gasteiger charge is -2.37. The number of carbonyl (C=O) groups excluding carboxylic acids is 3. The van der Waals surface area contributed by atoms with Gasteiger partial charge in [0.05, 0.1) is 5.02 Å². The molecule has 1 aromatic carbocycles. The van der Waals surface area contributed by atoms with Gasteiger partial charge in [-0.3, -0.25) is 14.4 Å². The molecular weight excluding hydrogens is 364 g/mol. The van der Waals surface area contributed by atoms with Crippen LogP contribution < -0.4 is 0 Å². The van der Waals surface area contributed by atoms with Crippen molar-refractivity contribution in [1.82, 2.24) is 9.80 Å². The number of hydrogen-bond acceptors (Lipinski definition) is 3. The van der Waals surface area contributed by atoms with Crippen LogP contribution in [-0.4, -0.2) is 53.6 Å². The lowest BCUT2D eigenvalue weighted by molar-refractivity contribution is -0.140. The predicted octanol–water partition coefficient (Wildman–Crippen LogP) is 3.19. The van der Waals surface area contributed by atoms with Gasteiger partial charge in [0.25, 0.3) is 0 Å². The fourth-order valence-electron chi connectivity index (χ4n) is 3.98. The van der Waals surface area contributed by atoms with Crippen molar-refractivity contribution in [1.29, 1.82) is 0 Å². The van der Waals surface area contributed by atoms with Gasteiger partial charge in [-0.15, -0.1) is 0 Å². The smallest absolute Gasteiger partial charge is 0.245 e. The number of hydrogen-bond donors (Lipinski definition) is 0. The van der Waals surface area contributed by atoms with E-state index in [2.05, 4.69) is 6.58 Å². The maximum absolute atomic E-state index is 12.8. The molecular formula is C21H25ClN2O3. The van der Waals surface area contributed by atoms with Gasteiger partial charge in [-0.05, 0) is 43.9 Å². The maximum Gasteiger partial charge on any atom is 0.245 e. The van der Waals surface area contributed by atoms with Crippen molar-refractivity contribution in [2.24, 2.45) is 11.8 Å². The first-order chi connectivity index (χ1) is 13.0. The van der Waals surface area contributed by atoms with Gasteiger partial charge in [0.15, 0.2) is 5.78 Å². The average molecular weight is 389 g/mol. The first-order valence-electron chi connectivity index (χ1n) is 9.50.